The molecule has 2 heterocycles. The van der Waals surface area contributed by atoms with Crippen LogP contribution in [0.1, 0.15) is 47.0 Å². The molecule has 1 atom stereocenters. The standard InChI is InChI=1S/C20H37N5O4/c1-5-21-18(22-9-7-10-23-19(27)29-20(2,3)4)25-13-11-24(12-14-25)17(26)16-8-6-15-28-16/h16H,5-15H2,1-4H3,(H,21,22)(H,23,27). The van der Waals surface area contributed by atoms with Crippen LogP contribution in [0.2, 0.25) is 0 Å². The summed E-state index contributed by atoms with van der Waals surface area (Å²) in [5, 5.41) is 6.07. The Hall–Kier alpha value is -2.03. The molecule has 0 bridgehead atoms. The third kappa shape index (κ3) is 8.08. The second-order valence-corrected chi connectivity index (χ2v) is 8.33. The van der Waals surface area contributed by atoms with Crippen LogP contribution in [-0.2, 0) is 14.3 Å². The van der Waals surface area contributed by atoms with E-state index in [0.717, 1.165) is 44.9 Å². The molecule has 0 spiro atoms. The van der Waals surface area contributed by atoms with E-state index >= 15 is 0 Å². The zero-order chi connectivity index (χ0) is 21.3. The second-order valence-electron chi connectivity index (χ2n) is 8.33. The molecule has 0 aliphatic carbocycles. The fourth-order valence-electron chi connectivity index (χ4n) is 3.31. The monoisotopic (exact) mass is 411 g/mol. The van der Waals surface area contributed by atoms with Crippen LogP contribution in [0.4, 0.5) is 4.79 Å². The highest BCUT2D eigenvalue weighted by atomic mass is 16.6. The van der Waals surface area contributed by atoms with Crippen LogP contribution in [-0.4, -0.2) is 91.9 Å². The molecule has 9 nitrogen and oxygen atoms in total. The van der Waals surface area contributed by atoms with Gasteiger partial charge in [-0.1, -0.05) is 0 Å². The third-order valence-electron chi connectivity index (χ3n) is 4.70. The first-order valence-corrected chi connectivity index (χ1v) is 10.7. The Kier molecular flexibility index (Phi) is 9.00. The maximum absolute atomic E-state index is 12.5. The molecule has 2 amide bonds. The Bertz CT molecular complexity index is 562. The molecule has 2 aliphatic rings. The van der Waals surface area contributed by atoms with E-state index in [2.05, 4.69) is 20.5 Å². The lowest BCUT2D eigenvalue weighted by Crippen LogP contribution is -2.55. The van der Waals surface area contributed by atoms with Gasteiger partial charge in [-0.2, -0.15) is 0 Å². The smallest absolute Gasteiger partial charge is 0.407 e. The Morgan fingerprint density at radius 3 is 2.41 bits per heavy atom. The van der Waals surface area contributed by atoms with Gasteiger partial charge in [0.05, 0.1) is 0 Å². The number of ether oxygens (including phenoxy) is 2. The molecule has 2 fully saturated rings. The van der Waals surface area contributed by atoms with Gasteiger partial charge in [0, 0.05) is 52.4 Å². The number of carbonyl (C=O) groups is 2. The molecule has 0 aromatic rings. The molecule has 0 aromatic carbocycles. The van der Waals surface area contributed by atoms with Crippen molar-refractivity contribution in [1.82, 2.24) is 20.4 Å². The van der Waals surface area contributed by atoms with Gasteiger partial charge in [0.1, 0.15) is 11.7 Å². The van der Waals surface area contributed by atoms with Gasteiger partial charge in [0.15, 0.2) is 5.96 Å². The van der Waals surface area contributed by atoms with Crippen molar-refractivity contribution in [3.63, 3.8) is 0 Å². The van der Waals surface area contributed by atoms with Gasteiger partial charge in [-0.3, -0.25) is 9.79 Å². The van der Waals surface area contributed by atoms with Crippen LogP contribution in [0.25, 0.3) is 0 Å². The summed E-state index contributed by atoms with van der Waals surface area (Å²) >= 11 is 0. The normalized spacial score (nSPS) is 20.6. The zero-order valence-electron chi connectivity index (χ0n) is 18.3. The summed E-state index contributed by atoms with van der Waals surface area (Å²) in [4.78, 5) is 32.9. The SMILES string of the molecule is CCNC(=NCCCNC(=O)OC(C)(C)C)N1CCN(C(=O)C2CCCO2)CC1. The van der Waals surface area contributed by atoms with Crippen molar-refractivity contribution < 1.29 is 19.1 Å². The van der Waals surface area contributed by atoms with Crippen LogP contribution in [0.3, 0.4) is 0 Å². The van der Waals surface area contributed by atoms with Crippen LogP contribution < -0.4 is 10.6 Å². The van der Waals surface area contributed by atoms with Crippen LogP contribution >= 0.6 is 0 Å². The summed E-state index contributed by atoms with van der Waals surface area (Å²) in [7, 11) is 0. The van der Waals surface area contributed by atoms with E-state index in [1.807, 2.05) is 32.6 Å². The van der Waals surface area contributed by atoms with E-state index in [0.29, 0.717) is 32.8 Å². The van der Waals surface area contributed by atoms with E-state index in [-0.39, 0.29) is 12.0 Å². The molecular weight excluding hydrogens is 374 g/mol. The molecule has 2 N–H and O–H groups in total. The first-order chi connectivity index (χ1) is 13.8. The molecule has 9 heteroatoms. The van der Waals surface area contributed by atoms with Crippen LogP contribution in [0.15, 0.2) is 4.99 Å². The highest BCUT2D eigenvalue weighted by Gasteiger charge is 2.30. The van der Waals surface area contributed by atoms with Gasteiger partial charge in [0.2, 0.25) is 0 Å². The predicted molar refractivity (Wildman–Crippen MR) is 112 cm³/mol. The number of piperazine rings is 1. The number of carbonyl (C=O) groups excluding carboxylic acids is 2. The number of hydrogen-bond acceptors (Lipinski definition) is 5. The molecule has 2 rings (SSSR count). The van der Waals surface area contributed by atoms with Gasteiger partial charge < -0.3 is 29.9 Å². The Labute approximate surface area is 174 Å². The fourth-order valence-corrected chi connectivity index (χ4v) is 3.31. The highest BCUT2D eigenvalue weighted by Crippen LogP contribution is 2.16. The van der Waals surface area contributed by atoms with E-state index in [4.69, 9.17) is 9.47 Å². The van der Waals surface area contributed by atoms with E-state index < -0.39 is 11.7 Å². The molecule has 1 unspecified atom stereocenters. The van der Waals surface area contributed by atoms with Crippen molar-refractivity contribution in [2.75, 3.05) is 52.4 Å². The van der Waals surface area contributed by atoms with Crippen molar-refractivity contribution in [3.8, 4) is 0 Å². The molecule has 29 heavy (non-hydrogen) atoms. The van der Waals surface area contributed by atoms with Gasteiger partial charge in [-0.05, 0) is 47.0 Å². The maximum Gasteiger partial charge on any atom is 0.407 e. The number of amides is 2. The predicted octanol–water partition coefficient (Wildman–Crippen LogP) is 1.19. The third-order valence-corrected chi connectivity index (χ3v) is 4.70. The maximum atomic E-state index is 12.5. The van der Waals surface area contributed by atoms with Crippen molar-refractivity contribution in [3.05, 3.63) is 0 Å². The molecule has 2 saturated heterocycles. The minimum absolute atomic E-state index is 0.123. The quantitative estimate of drug-likeness (QED) is 0.387. The fraction of sp³-hybridized carbons (Fsp3) is 0.850. The topological polar surface area (TPSA) is 95.5 Å². The van der Waals surface area contributed by atoms with Gasteiger partial charge >= 0.3 is 6.09 Å². The van der Waals surface area contributed by atoms with Crippen molar-refractivity contribution >= 4 is 18.0 Å². The molecule has 2 aliphatic heterocycles. The number of nitrogens with zero attached hydrogens (tertiary/aromatic N) is 3. The summed E-state index contributed by atoms with van der Waals surface area (Å²) in [5.74, 6) is 0.978. The molecule has 0 radical (unpaired) electrons. The highest BCUT2D eigenvalue weighted by molar-refractivity contribution is 5.82. The Morgan fingerprint density at radius 1 is 1.14 bits per heavy atom. The largest absolute Gasteiger partial charge is 0.444 e. The first-order valence-electron chi connectivity index (χ1n) is 10.7. The number of nitrogens with one attached hydrogen (secondary N) is 2. The summed E-state index contributed by atoms with van der Waals surface area (Å²) in [6, 6.07) is 0. The van der Waals surface area contributed by atoms with Crippen LogP contribution in [0, 0.1) is 0 Å². The lowest BCUT2D eigenvalue weighted by molar-refractivity contribution is -0.142. The zero-order valence-corrected chi connectivity index (χ0v) is 18.3. The van der Waals surface area contributed by atoms with Crippen molar-refractivity contribution in [2.45, 2.75) is 58.7 Å². The number of hydrogen-bond donors (Lipinski definition) is 2. The van der Waals surface area contributed by atoms with Gasteiger partial charge in [-0.25, -0.2) is 4.79 Å². The molecule has 0 aromatic heterocycles. The summed E-state index contributed by atoms with van der Waals surface area (Å²) in [5.41, 5.74) is -0.492. The minimum atomic E-state index is -0.492. The van der Waals surface area contributed by atoms with Gasteiger partial charge in [0.25, 0.3) is 5.91 Å². The average molecular weight is 412 g/mol. The Morgan fingerprint density at radius 2 is 1.83 bits per heavy atom. The second kappa shape index (κ2) is 11.2. The number of guanidine groups is 1. The van der Waals surface area contributed by atoms with Crippen LogP contribution in [0.5, 0.6) is 0 Å². The van der Waals surface area contributed by atoms with E-state index in [9.17, 15) is 9.59 Å². The number of alkyl carbamates (subject to hydrolysis) is 1. The summed E-state index contributed by atoms with van der Waals surface area (Å²) in [6.45, 7) is 13.0. The molecule has 0 saturated carbocycles. The number of rotatable bonds is 6. The molecule has 166 valence electrons. The van der Waals surface area contributed by atoms with Crippen molar-refractivity contribution in [1.29, 1.82) is 0 Å². The van der Waals surface area contributed by atoms with E-state index in [1.165, 1.54) is 0 Å². The Balaban J connectivity index is 1.73. The summed E-state index contributed by atoms with van der Waals surface area (Å²) in [6.07, 6.45) is 1.88. The average Bonchev–Trinajstić information content (AvgIpc) is 3.20. The first kappa shape index (κ1) is 23.3. The van der Waals surface area contributed by atoms with Gasteiger partial charge in [-0.15, -0.1) is 0 Å². The number of aliphatic imine (C=N–C) groups is 1. The summed E-state index contributed by atoms with van der Waals surface area (Å²) < 4.78 is 10.7. The lowest BCUT2D eigenvalue weighted by atomic mass is 10.2. The molecular formula is C20H37N5O4. The van der Waals surface area contributed by atoms with Crippen molar-refractivity contribution in [2.24, 2.45) is 4.99 Å². The minimum Gasteiger partial charge on any atom is -0.444 e. The lowest BCUT2D eigenvalue weighted by Gasteiger charge is -2.37. The van der Waals surface area contributed by atoms with E-state index in [1.54, 1.807) is 0 Å².